The fourth-order valence-electron chi connectivity index (χ4n) is 2.65. The molecular weight excluding hydrogens is 317 g/mol. The van der Waals surface area contributed by atoms with Crippen molar-refractivity contribution in [3.63, 3.8) is 0 Å². The highest BCUT2D eigenvalue weighted by Gasteiger charge is 2.31. The largest absolute Gasteiger partial charge is 0.416 e. The topological polar surface area (TPSA) is 52.0 Å². The van der Waals surface area contributed by atoms with Crippen LogP contribution < -0.4 is 5.73 Å². The summed E-state index contributed by atoms with van der Waals surface area (Å²) in [5.74, 6) is 0. The summed E-state index contributed by atoms with van der Waals surface area (Å²) in [4.78, 5) is 0. The third kappa shape index (κ3) is 2.92. The molecule has 3 nitrogen and oxygen atoms in total. The SMILES string of the molecule is C=CCC(N)c1ccccc1-c1noc2cc(C(F)(F)F)ccc12. The van der Waals surface area contributed by atoms with Crippen molar-refractivity contribution in [2.75, 3.05) is 0 Å². The Bertz CT molecular complexity index is 883. The van der Waals surface area contributed by atoms with Crippen LogP contribution in [0.4, 0.5) is 13.2 Å². The molecule has 0 aliphatic rings. The first-order valence-corrected chi connectivity index (χ1v) is 7.34. The van der Waals surface area contributed by atoms with Crippen LogP contribution in [0.3, 0.4) is 0 Å². The summed E-state index contributed by atoms with van der Waals surface area (Å²) in [5.41, 5.74) is 7.54. The molecule has 0 fully saturated rings. The molecule has 1 heterocycles. The van der Waals surface area contributed by atoms with E-state index in [0.29, 0.717) is 17.5 Å². The summed E-state index contributed by atoms with van der Waals surface area (Å²) in [6, 6.07) is 10.4. The molecule has 3 rings (SSSR count). The Morgan fingerprint density at radius 1 is 1.21 bits per heavy atom. The fourth-order valence-corrected chi connectivity index (χ4v) is 2.65. The van der Waals surface area contributed by atoms with Gasteiger partial charge in [-0.1, -0.05) is 35.5 Å². The van der Waals surface area contributed by atoms with Gasteiger partial charge in [-0.3, -0.25) is 0 Å². The predicted octanol–water partition coefficient (Wildman–Crippen LogP) is 5.09. The van der Waals surface area contributed by atoms with E-state index < -0.39 is 11.7 Å². The van der Waals surface area contributed by atoms with Crippen molar-refractivity contribution in [3.05, 3.63) is 66.2 Å². The van der Waals surface area contributed by atoms with E-state index in [4.69, 9.17) is 10.3 Å². The zero-order valence-electron chi connectivity index (χ0n) is 12.7. The van der Waals surface area contributed by atoms with Gasteiger partial charge in [0.15, 0.2) is 5.58 Å². The first-order chi connectivity index (χ1) is 11.4. The quantitative estimate of drug-likeness (QED) is 0.677. The molecule has 0 aliphatic heterocycles. The van der Waals surface area contributed by atoms with Gasteiger partial charge in [0.1, 0.15) is 5.69 Å². The van der Waals surface area contributed by atoms with Crippen LogP contribution in [-0.2, 0) is 6.18 Å². The number of benzene rings is 2. The van der Waals surface area contributed by atoms with Crippen LogP contribution in [0.1, 0.15) is 23.6 Å². The van der Waals surface area contributed by atoms with Gasteiger partial charge in [0, 0.05) is 17.0 Å². The lowest BCUT2D eigenvalue weighted by Crippen LogP contribution is -2.10. The van der Waals surface area contributed by atoms with Crippen molar-refractivity contribution in [2.45, 2.75) is 18.6 Å². The number of nitrogens with two attached hydrogens (primary N) is 1. The van der Waals surface area contributed by atoms with E-state index in [1.54, 1.807) is 6.08 Å². The molecule has 0 radical (unpaired) electrons. The Balaban J connectivity index is 2.13. The third-order valence-electron chi connectivity index (χ3n) is 3.84. The van der Waals surface area contributed by atoms with Gasteiger partial charge >= 0.3 is 6.18 Å². The minimum Gasteiger partial charge on any atom is -0.356 e. The predicted molar refractivity (Wildman–Crippen MR) is 86.2 cm³/mol. The number of aromatic nitrogens is 1. The normalized spacial score (nSPS) is 13.2. The van der Waals surface area contributed by atoms with Crippen molar-refractivity contribution in [2.24, 2.45) is 5.73 Å². The second-order valence-electron chi connectivity index (χ2n) is 5.46. The Kier molecular flexibility index (Phi) is 4.15. The lowest BCUT2D eigenvalue weighted by molar-refractivity contribution is -0.137. The van der Waals surface area contributed by atoms with Gasteiger partial charge in [-0.05, 0) is 30.2 Å². The lowest BCUT2D eigenvalue weighted by Gasteiger charge is -2.13. The molecule has 0 saturated carbocycles. The molecule has 0 spiro atoms. The summed E-state index contributed by atoms with van der Waals surface area (Å²) in [6.45, 7) is 3.68. The number of nitrogens with zero attached hydrogens (tertiary/aromatic N) is 1. The Labute approximate surface area is 136 Å². The van der Waals surface area contributed by atoms with Gasteiger partial charge in [-0.25, -0.2) is 0 Å². The first-order valence-electron chi connectivity index (χ1n) is 7.34. The number of alkyl halides is 3. The number of fused-ring (bicyclic) bond motifs is 1. The van der Waals surface area contributed by atoms with Crippen LogP contribution in [0.25, 0.3) is 22.2 Å². The Morgan fingerprint density at radius 2 is 1.96 bits per heavy atom. The van der Waals surface area contributed by atoms with Gasteiger partial charge in [-0.2, -0.15) is 13.2 Å². The maximum atomic E-state index is 12.8. The molecule has 1 aromatic heterocycles. The van der Waals surface area contributed by atoms with Crippen LogP contribution >= 0.6 is 0 Å². The van der Waals surface area contributed by atoms with E-state index in [2.05, 4.69) is 11.7 Å². The molecule has 2 N–H and O–H groups in total. The van der Waals surface area contributed by atoms with Crippen LogP contribution in [-0.4, -0.2) is 5.16 Å². The number of halogens is 3. The molecule has 0 amide bonds. The van der Waals surface area contributed by atoms with Gasteiger partial charge in [0.2, 0.25) is 0 Å². The summed E-state index contributed by atoms with van der Waals surface area (Å²) in [6.07, 6.45) is -2.13. The smallest absolute Gasteiger partial charge is 0.356 e. The highest BCUT2D eigenvalue weighted by Crippen LogP contribution is 2.36. The first kappa shape index (κ1) is 16.3. The summed E-state index contributed by atoms with van der Waals surface area (Å²) in [7, 11) is 0. The molecule has 2 aromatic carbocycles. The van der Waals surface area contributed by atoms with Crippen molar-refractivity contribution < 1.29 is 17.7 Å². The maximum absolute atomic E-state index is 12.8. The van der Waals surface area contributed by atoms with E-state index >= 15 is 0 Å². The molecule has 0 bridgehead atoms. The zero-order chi connectivity index (χ0) is 17.3. The summed E-state index contributed by atoms with van der Waals surface area (Å²) >= 11 is 0. The molecule has 1 atom stereocenters. The minimum atomic E-state index is -4.43. The average molecular weight is 332 g/mol. The molecule has 124 valence electrons. The van der Waals surface area contributed by atoms with Gasteiger partial charge in [0.25, 0.3) is 0 Å². The molecule has 6 heteroatoms. The van der Waals surface area contributed by atoms with Gasteiger partial charge < -0.3 is 10.3 Å². The third-order valence-corrected chi connectivity index (χ3v) is 3.84. The molecular formula is C18H15F3N2O. The van der Waals surface area contributed by atoms with Crippen molar-refractivity contribution in [1.29, 1.82) is 0 Å². The molecule has 1 unspecified atom stereocenters. The van der Waals surface area contributed by atoms with Crippen LogP contribution in [0.5, 0.6) is 0 Å². The Hall–Kier alpha value is -2.60. The summed E-state index contributed by atoms with van der Waals surface area (Å²) in [5, 5.41) is 4.48. The van der Waals surface area contributed by atoms with Gasteiger partial charge in [0.05, 0.1) is 5.56 Å². The molecule has 3 aromatic rings. The standard InChI is InChI=1S/C18H15F3N2O/c1-2-5-15(22)12-6-3-4-7-13(12)17-14-9-8-11(18(19,20)21)10-16(14)24-23-17/h2-4,6-10,15H,1,5,22H2. The highest BCUT2D eigenvalue weighted by atomic mass is 19.4. The number of rotatable bonds is 4. The monoisotopic (exact) mass is 332 g/mol. The van der Waals surface area contributed by atoms with Gasteiger partial charge in [-0.15, -0.1) is 6.58 Å². The maximum Gasteiger partial charge on any atom is 0.416 e. The van der Waals surface area contributed by atoms with E-state index in [1.165, 1.54) is 6.07 Å². The van der Waals surface area contributed by atoms with Crippen LogP contribution in [0.15, 0.2) is 59.6 Å². The fraction of sp³-hybridized carbons (Fsp3) is 0.167. The van der Waals surface area contributed by atoms with Crippen molar-refractivity contribution in [1.82, 2.24) is 5.16 Å². The molecule has 0 saturated heterocycles. The highest BCUT2D eigenvalue weighted by molar-refractivity contribution is 5.92. The van der Waals surface area contributed by atoms with Crippen molar-refractivity contribution >= 4 is 11.0 Å². The summed E-state index contributed by atoms with van der Waals surface area (Å²) < 4.78 is 43.6. The Morgan fingerprint density at radius 3 is 2.67 bits per heavy atom. The molecule has 0 aliphatic carbocycles. The number of hydrogen-bond acceptors (Lipinski definition) is 3. The zero-order valence-corrected chi connectivity index (χ0v) is 12.7. The van der Waals surface area contributed by atoms with E-state index in [1.807, 2.05) is 24.3 Å². The van der Waals surface area contributed by atoms with Crippen molar-refractivity contribution in [3.8, 4) is 11.3 Å². The van der Waals surface area contributed by atoms with E-state index in [9.17, 15) is 13.2 Å². The van der Waals surface area contributed by atoms with E-state index in [-0.39, 0.29) is 11.6 Å². The minimum absolute atomic E-state index is 0.0897. The average Bonchev–Trinajstić information content (AvgIpc) is 2.97. The second kappa shape index (κ2) is 6.13. The second-order valence-corrected chi connectivity index (χ2v) is 5.46. The molecule has 24 heavy (non-hydrogen) atoms. The van der Waals surface area contributed by atoms with E-state index in [0.717, 1.165) is 23.3 Å². The van der Waals surface area contributed by atoms with Crippen LogP contribution in [0.2, 0.25) is 0 Å². The van der Waals surface area contributed by atoms with Crippen LogP contribution in [0, 0.1) is 0 Å². The lowest BCUT2D eigenvalue weighted by atomic mass is 9.95. The number of hydrogen-bond donors (Lipinski definition) is 1.